The summed E-state index contributed by atoms with van der Waals surface area (Å²) in [5.74, 6) is 0.419. The second kappa shape index (κ2) is 8.21. The number of amides is 1. The predicted molar refractivity (Wildman–Crippen MR) is 102 cm³/mol. The van der Waals surface area contributed by atoms with Crippen molar-refractivity contribution in [2.24, 2.45) is 0 Å². The second-order valence-electron chi connectivity index (χ2n) is 6.64. The van der Waals surface area contributed by atoms with E-state index in [1.807, 2.05) is 24.3 Å². The fourth-order valence-electron chi connectivity index (χ4n) is 3.62. The lowest BCUT2D eigenvalue weighted by Gasteiger charge is -2.23. The van der Waals surface area contributed by atoms with E-state index in [0.717, 1.165) is 17.3 Å². The van der Waals surface area contributed by atoms with Crippen molar-refractivity contribution in [2.45, 2.75) is 38.1 Å². The van der Waals surface area contributed by atoms with E-state index >= 15 is 0 Å². The minimum Gasteiger partial charge on any atom is -0.495 e. The first kappa shape index (κ1) is 17.5. The summed E-state index contributed by atoms with van der Waals surface area (Å²) in [5, 5.41) is 8.25. The number of fused-ring (bicyclic) bond motifs is 1. The molecule has 4 N–H and O–H groups in total. The molecule has 25 heavy (non-hydrogen) atoms. The molecule has 2 aromatic carbocycles. The van der Waals surface area contributed by atoms with E-state index < -0.39 is 0 Å². The van der Waals surface area contributed by atoms with Gasteiger partial charge in [-0.1, -0.05) is 43.5 Å². The first-order chi connectivity index (χ1) is 12.2. The molecule has 0 spiro atoms. The third-order valence-electron chi connectivity index (χ3n) is 4.92. The third kappa shape index (κ3) is 4.04. The topological polar surface area (TPSA) is 76.4 Å². The van der Waals surface area contributed by atoms with Gasteiger partial charge in [-0.05, 0) is 18.9 Å². The minimum absolute atomic E-state index is 0.153. The summed E-state index contributed by atoms with van der Waals surface area (Å²) in [6.45, 7) is 1.37. The van der Waals surface area contributed by atoms with Crippen LogP contribution in [0.4, 0.5) is 5.69 Å². The number of methoxy groups -OCH3 is 1. The van der Waals surface area contributed by atoms with E-state index in [0.29, 0.717) is 29.6 Å². The highest BCUT2D eigenvalue weighted by Crippen LogP contribution is 2.33. The number of anilines is 1. The van der Waals surface area contributed by atoms with Crippen molar-refractivity contribution in [1.29, 1.82) is 0 Å². The molecule has 0 saturated heterocycles. The highest BCUT2D eigenvalue weighted by molar-refractivity contribution is 6.07. The van der Waals surface area contributed by atoms with Crippen LogP contribution in [0, 0.1) is 0 Å². The number of carbonyl (C=O) groups excluding carboxylic acids is 1. The summed E-state index contributed by atoms with van der Waals surface area (Å²) >= 11 is 0. The lowest BCUT2D eigenvalue weighted by molar-refractivity contribution is 0.0950. The van der Waals surface area contributed by atoms with Crippen molar-refractivity contribution in [3.05, 3.63) is 35.9 Å². The predicted octanol–water partition coefficient (Wildman–Crippen LogP) is 3.08. The fourth-order valence-corrected chi connectivity index (χ4v) is 3.62. The Morgan fingerprint density at radius 1 is 1.16 bits per heavy atom. The number of ether oxygens (including phenoxy) is 1. The maximum atomic E-state index is 12.6. The summed E-state index contributed by atoms with van der Waals surface area (Å²) in [6, 6.07) is 9.99. The number of benzene rings is 2. The summed E-state index contributed by atoms with van der Waals surface area (Å²) < 4.78 is 5.50. The molecular formula is C20H27N3O2. The van der Waals surface area contributed by atoms with Crippen LogP contribution in [0.1, 0.15) is 42.5 Å². The number of carbonyl (C=O) groups is 1. The zero-order valence-electron chi connectivity index (χ0n) is 14.8. The molecule has 0 atom stereocenters. The van der Waals surface area contributed by atoms with Crippen LogP contribution in [0.15, 0.2) is 30.3 Å². The van der Waals surface area contributed by atoms with E-state index in [1.165, 1.54) is 32.1 Å². The van der Waals surface area contributed by atoms with Crippen LogP contribution in [0.2, 0.25) is 0 Å². The van der Waals surface area contributed by atoms with Crippen LogP contribution in [-0.4, -0.2) is 32.1 Å². The zero-order valence-corrected chi connectivity index (χ0v) is 14.8. The van der Waals surface area contributed by atoms with Crippen LogP contribution in [-0.2, 0) is 0 Å². The Morgan fingerprint density at radius 3 is 2.60 bits per heavy atom. The second-order valence-corrected chi connectivity index (χ2v) is 6.64. The zero-order chi connectivity index (χ0) is 17.6. The first-order valence-corrected chi connectivity index (χ1v) is 9.07. The van der Waals surface area contributed by atoms with Gasteiger partial charge in [0.25, 0.3) is 5.91 Å². The Bertz CT molecular complexity index is 739. The molecule has 0 bridgehead atoms. The maximum absolute atomic E-state index is 12.6. The van der Waals surface area contributed by atoms with E-state index in [9.17, 15) is 4.79 Å². The van der Waals surface area contributed by atoms with Gasteiger partial charge in [-0.25, -0.2) is 0 Å². The summed E-state index contributed by atoms with van der Waals surface area (Å²) in [7, 11) is 1.58. The molecule has 134 valence electrons. The van der Waals surface area contributed by atoms with Gasteiger partial charge in [-0.3, -0.25) is 4.79 Å². The number of rotatable bonds is 6. The monoisotopic (exact) mass is 341 g/mol. The van der Waals surface area contributed by atoms with Crippen LogP contribution in [0.25, 0.3) is 10.8 Å². The van der Waals surface area contributed by atoms with Crippen molar-refractivity contribution in [3.8, 4) is 5.75 Å². The fraction of sp³-hybridized carbons (Fsp3) is 0.450. The Labute approximate surface area is 148 Å². The highest BCUT2D eigenvalue weighted by atomic mass is 16.5. The average molecular weight is 341 g/mol. The molecule has 5 nitrogen and oxygen atoms in total. The van der Waals surface area contributed by atoms with Gasteiger partial charge >= 0.3 is 0 Å². The highest BCUT2D eigenvalue weighted by Gasteiger charge is 2.17. The molecule has 1 amide bonds. The molecule has 2 aromatic rings. The molecule has 1 fully saturated rings. The van der Waals surface area contributed by atoms with Crippen LogP contribution >= 0.6 is 0 Å². The van der Waals surface area contributed by atoms with Gasteiger partial charge in [0.2, 0.25) is 0 Å². The normalized spacial score (nSPS) is 15.2. The molecule has 0 radical (unpaired) electrons. The van der Waals surface area contributed by atoms with Crippen LogP contribution in [0.5, 0.6) is 5.75 Å². The van der Waals surface area contributed by atoms with Gasteiger partial charge in [0, 0.05) is 35.6 Å². The molecular weight excluding hydrogens is 314 g/mol. The smallest absolute Gasteiger partial charge is 0.255 e. The van der Waals surface area contributed by atoms with E-state index in [2.05, 4.69) is 10.6 Å². The molecule has 1 saturated carbocycles. The van der Waals surface area contributed by atoms with E-state index in [4.69, 9.17) is 10.5 Å². The van der Waals surface area contributed by atoms with Crippen LogP contribution < -0.4 is 21.1 Å². The Kier molecular flexibility index (Phi) is 5.76. The number of nitrogen functional groups attached to an aromatic ring is 1. The van der Waals surface area contributed by atoms with Crippen molar-refractivity contribution in [3.63, 3.8) is 0 Å². The van der Waals surface area contributed by atoms with Crippen molar-refractivity contribution in [1.82, 2.24) is 10.6 Å². The quantitative estimate of drug-likeness (QED) is 0.557. The Morgan fingerprint density at radius 2 is 1.88 bits per heavy atom. The summed E-state index contributed by atoms with van der Waals surface area (Å²) in [5.41, 5.74) is 7.19. The number of nitrogens with one attached hydrogen (secondary N) is 2. The van der Waals surface area contributed by atoms with Crippen molar-refractivity contribution in [2.75, 3.05) is 25.9 Å². The summed E-state index contributed by atoms with van der Waals surface area (Å²) in [6.07, 6.45) is 6.43. The summed E-state index contributed by atoms with van der Waals surface area (Å²) in [4.78, 5) is 12.6. The standard InChI is InChI=1S/C20H27N3O2/c1-25-19-16-10-6-5-9-15(16)18(21)13-17(19)20(24)23-12-11-22-14-7-3-2-4-8-14/h5-6,9-10,13-14,22H,2-4,7-8,11-12,21H2,1H3,(H,23,24). The lowest BCUT2D eigenvalue weighted by atomic mass is 9.95. The van der Waals surface area contributed by atoms with Crippen molar-refractivity contribution >= 4 is 22.4 Å². The lowest BCUT2D eigenvalue weighted by Crippen LogP contribution is -2.38. The van der Waals surface area contributed by atoms with Gasteiger partial charge in [0.05, 0.1) is 12.7 Å². The number of hydrogen-bond donors (Lipinski definition) is 3. The van der Waals surface area contributed by atoms with E-state index in [1.54, 1.807) is 13.2 Å². The van der Waals surface area contributed by atoms with Gasteiger partial charge in [0.1, 0.15) is 5.75 Å². The third-order valence-corrected chi connectivity index (χ3v) is 4.92. The van der Waals surface area contributed by atoms with Gasteiger partial charge in [-0.15, -0.1) is 0 Å². The number of nitrogens with two attached hydrogens (primary N) is 1. The largest absolute Gasteiger partial charge is 0.495 e. The molecule has 0 aliphatic heterocycles. The van der Waals surface area contributed by atoms with E-state index in [-0.39, 0.29) is 5.91 Å². The Hall–Kier alpha value is -2.27. The Balaban J connectivity index is 1.65. The minimum atomic E-state index is -0.153. The van der Waals surface area contributed by atoms with Gasteiger partial charge in [0.15, 0.2) is 0 Å². The van der Waals surface area contributed by atoms with Gasteiger partial charge < -0.3 is 21.1 Å². The molecule has 0 aromatic heterocycles. The van der Waals surface area contributed by atoms with Crippen molar-refractivity contribution < 1.29 is 9.53 Å². The molecule has 1 aliphatic carbocycles. The first-order valence-electron chi connectivity index (χ1n) is 9.07. The molecule has 1 aliphatic rings. The number of hydrogen-bond acceptors (Lipinski definition) is 4. The molecule has 3 rings (SSSR count). The molecule has 0 unspecified atom stereocenters. The maximum Gasteiger partial charge on any atom is 0.255 e. The SMILES string of the molecule is COc1c(C(=O)NCCNC2CCCCC2)cc(N)c2ccccc12. The molecule has 0 heterocycles. The molecule has 5 heteroatoms. The van der Waals surface area contributed by atoms with Gasteiger partial charge in [-0.2, -0.15) is 0 Å². The van der Waals surface area contributed by atoms with Crippen LogP contribution in [0.3, 0.4) is 0 Å². The average Bonchev–Trinajstić information content (AvgIpc) is 2.66.